The molecule has 0 aliphatic rings. The van der Waals surface area contributed by atoms with Crippen LogP contribution in [-0.2, 0) is 25.4 Å². The third kappa shape index (κ3) is 10.5. The molecule has 0 spiro atoms. The van der Waals surface area contributed by atoms with Gasteiger partial charge >= 0.3 is 12.0 Å². The number of nitrogens with zero attached hydrogens (tertiary/aromatic N) is 5. The number of aliphatic hydroxyl groups is 1. The van der Waals surface area contributed by atoms with Crippen molar-refractivity contribution in [3.05, 3.63) is 119 Å². The third-order valence-electron chi connectivity index (χ3n) is 8.20. The zero-order chi connectivity index (χ0) is 40.1. The number of nitrogens with one attached hydrogen (secondary N) is 2. The average molecular weight is 772 g/mol. The number of amides is 1. The minimum atomic E-state index is -1.03. The Bertz CT molecular complexity index is 2080. The van der Waals surface area contributed by atoms with E-state index in [2.05, 4.69) is 25.4 Å². The monoisotopic (exact) mass is 771 g/mol. The van der Waals surface area contributed by atoms with E-state index in [4.69, 9.17) is 33.8 Å². The molecule has 3 N–H and O–H groups in total. The van der Waals surface area contributed by atoms with Gasteiger partial charge in [0.05, 0.1) is 31.7 Å². The molecule has 0 fully saturated rings. The molecule has 0 aliphatic heterocycles. The van der Waals surface area contributed by atoms with Crippen molar-refractivity contribution in [2.75, 3.05) is 47.6 Å². The van der Waals surface area contributed by atoms with E-state index >= 15 is 4.39 Å². The lowest BCUT2D eigenvalue weighted by Crippen LogP contribution is -2.33. The highest BCUT2D eigenvalue weighted by atomic mass is 19.1. The summed E-state index contributed by atoms with van der Waals surface area (Å²) in [6.07, 6.45) is 3.08. The van der Waals surface area contributed by atoms with E-state index in [1.54, 1.807) is 74.5 Å². The van der Waals surface area contributed by atoms with E-state index in [1.165, 1.54) is 43.4 Å². The van der Waals surface area contributed by atoms with Gasteiger partial charge in [0.25, 0.3) is 11.9 Å². The molecule has 16 nitrogen and oxygen atoms in total. The number of hydrogen-bond acceptors (Lipinski definition) is 14. The number of esters is 1. The molecule has 294 valence electrons. The van der Waals surface area contributed by atoms with E-state index in [0.717, 1.165) is 0 Å². The number of benzene rings is 3. The molecule has 17 heteroatoms. The van der Waals surface area contributed by atoms with Gasteiger partial charge in [0.1, 0.15) is 25.0 Å². The number of aliphatic hydroxyl groups excluding tert-OH is 1. The molecule has 0 radical (unpaired) electrons. The lowest BCUT2D eigenvalue weighted by Gasteiger charge is -2.21. The maximum Gasteiger partial charge on any atom is 0.325 e. The van der Waals surface area contributed by atoms with Gasteiger partial charge < -0.3 is 38.8 Å². The smallest absolute Gasteiger partial charge is 0.325 e. The van der Waals surface area contributed by atoms with Crippen molar-refractivity contribution in [1.29, 1.82) is 5.41 Å². The highest BCUT2D eigenvalue weighted by Crippen LogP contribution is 2.37. The maximum absolute atomic E-state index is 16.4. The first-order valence-corrected chi connectivity index (χ1v) is 17.3. The van der Waals surface area contributed by atoms with Crippen LogP contribution in [0.2, 0.25) is 0 Å². The molecule has 3 aromatic carbocycles. The minimum absolute atomic E-state index is 0.00109. The fraction of sp³-hybridized carbons (Fsp3) is 0.308. The van der Waals surface area contributed by atoms with Crippen molar-refractivity contribution in [3.63, 3.8) is 0 Å². The first kappa shape index (κ1) is 40.9. The quantitative estimate of drug-likeness (QED) is 0.0354. The van der Waals surface area contributed by atoms with Gasteiger partial charge in [-0.1, -0.05) is 42.5 Å². The van der Waals surface area contributed by atoms with Crippen LogP contribution in [0.1, 0.15) is 52.6 Å². The Hall–Kier alpha value is -6.30. The summed E-state index contributed by atoms with van der Waals surface area (Å²) < 4.78 is 50.1. The molecular weight excluding hydrogens is 729 g/mol. The number of carbonyl (C=O) groups excluding carboxylic acids is 2. The van der Waals surface area contributed by atoms with Crippen LogP contribution in [0.5, 0.6) is 17.5 Å². The fourth-order valence-corrected chi connectivity index (χ4v) is 5.31. The molecule has 5 aromatic rings. The zero-order valence-corrected chi connectivity index (χ0v) is 31.2. The number of ether oxygens (including phenoxy) is 6. The molecule has 0 saturated heterocycles. The Morgan fingerprint density at radius 3 is 2.38 bits per heavy atom. The maximum atomic E-state index is 16.4. The molecule has 0 saturated carbocycles. The molecule has 1 amide bonds. The topological polar surface area (TPSA) is 202 Å². The van der Waals surface area contributed by atoms with Gasteiger partial charge in [-0.05, 0) is 50.1 Å². The Kier molecular flexibility index (Phi) is 14.1. The summed E-state index contributed by atoms with van der Waals surface area (Å²) in [5.41, 5.74) is 0.582. The van der Waals surface area contributed by atoms with E-state index in [9.17, 15) is 14.7 Å². The van der Waals surface area contributed by atoms with Crippen LogP contribution in [0.25, 0.3) is 5.95 Å². The van der Waals surface area contributed by atoms with Crippen molar-refractivity contribution < 1.29 is 47.5 Å². The highest BCUT2D eigenvalue weighted by molar-refractivity contribution is 6.11. The average Bonchev–Trinajstić information content (AvgIpc) is 3.64. The van der Waals surface area contributed by atoms with Crippen LogP contribution in [-0.4, -0.2) is 95.2 Å². The molecule has 1 atom stereocenters. The molecule has 56 heavy (non-hydrogen) atoms. The Balaban J connectivity index is 1.49. The number of aromatic nitrogens is 5. The Morgan fingerprint density at radius 1 is 0.964 bits per heavy atom. The fourth-order valence-electron chi connectivity index (χ4n) is 5.31. The Labute approximate surface area is 322 Å². The number of amidine groups is 1. The molecule has 2 heterocycles. The van der Waals surface area contributed by atoms with Gasteiger partial charge in [-0.25, -0.2) is 14.4 Å². The standard InChI is InChI=1S/C39H42FN7O9/c1-39(2,22-53-23-51-3)36(50)55-24-56-38-45-34(46-47(38)37-42-15-8-16-43-37)30(29-20-28(52-4)21-31(32(29)40)54-18-17-48)19-25-11-13-26(14-12-25)33(41)44-35(49)27-9-6-5-7-10-27/h5-16,20-21,30,48H,17-19,22-24H2,1-4H3,(H2,41,44,49). The van der Waals surface area contributed by atoms with E-state index < -0.39 is 35.8 Å². The Morgan fingerprint density at radius 2 is 1.70 bits per heavy atom. The first-order chi connectivity index (χ1) is 27.0. The molecule has 1 unspecified atom stereocenters. The number of halogens is 1. The third-order valence-corrected chi connectivity index (χ3v) is 8.20. The number of carbonyl (C=O) groups is 2. The van der Waals surface area contributed by atoms with Gasteiger partial charge in [0.2, 0.25) is 6.79 Å². The molecule has 0 bridgehead atoms. The van der Waals surface area contributed by atoms with E-state index in [0.29, 0.717) is 16.7 Å². The second-order valence-corrected chi connectivity index (χ2v) is 12.8. The van der Waals surface area contributed by atoms with Crippen LogP contribution in [0.4, 0.5) is 4.39 Å². The van der Waals surface area contributed by atoms with Gasteiger partial charge in [-0.2, -0.15) is 4.98 Å². The summed E-state index contributed by atoms with van der Waals surface area (Å²) in [6.45, 7) is 2.22. The largest absolute Gasteiger partial charge is 0.497 e. The molecular formula is C39H42FN7O9. The van der Waals surface area contributed by atoms with Crippen molar-refractivity contribution in [2.45, 2.75) is 26.2 Å². The van der Waals surface area contributed by atoms with Crippen molar-refractivity contribution in [2.24, 2.45) is 5.41 Å². The van der Waals surface area contributed by atoms with Crippen LogP contribution < -0.4 is 19.5 Å². The molecule has 2 aromatic heterocycles. The van der Waals surface area contributed by atoms with Crippen molar-refractivity contribution >= 4 is 17.7 Å². The first-order valence-electron chi connectivity index (χ1n) is 17.3. The van der Waals surface area contributed by atoms with Crippen LogP contribution >= 0.6 is 0 Å². The molecule has 0 aliphatic carbocycles. The van der Waals surface area contributed by atoms with Crippen molar-refractivity contribution in [3.8, 4) is 23.5 Å². The predicted octanol–water partition coefficient (Wildman–Crippen LogP) is 4.23. The van der Waals surface area contributed by atoms with E-state index in [1.807, 2.05) is 0 Å². The summed E-state index contributed by atoms with van der Waals surface area (Å²) >= 11 is 0. The van der Waals surface area contributed by atoms with Crippen LogP contribution in [0.15, 0.2) is 85.2 Å². The van der Waals surface area contributed by atoms with E-state index in [-0.39, 0.29) is 73.7 Å². The van der Waals surface area contributed by atoms with Gasteiger partial charge in [-0.3, -0.25) is 15.0 Å². The zero-order valence-electron chi connectivity index (χ0n) is 31.2. The van der Waals surface area contributed by atoms with Gasteiger partial charge in [0, 0.05) is 42.3 Å². The lowest BCUT2D eigenvalue weighted by molar-refractivity contribution is -0.167. The van der Waals surface area contributed by atoms with Crippen LogP contribution in [0.3, 0.4) is 0 Å². The summed E-state index contributed by atoms with van der Waals surface area (Å²) in [4.78, 5) is 38.7. The number of rotatable bonds is 19. The second kappa shape index (κ2) is 19.3. The SMILES string of the molecule is COCOCC(C)(C)C(=O)OCOc1nc(C(Cc2ccc(C(=N)NC(=O)c3ccccc3)cc2)c2cc(OC)cc(OCCO)c2F)nn1-c1ncccn1. The summed E-state index contributed by atoms with van der Waals surface area (Å²) in [5.74, 6) is -2.58. The highest BCUT2D eigenvalue weighted by Gasteiger charge is 2.32. The predicted molar refractivity (Wildman–Crippen MR) is 198 cm³/mol. The number of hydrogen-bond donors (Lipinski definition) is 3. The summed E-state index contributed by atoms with van der Waals surface area (Å²) in [6, 6.07) is 19.6. The van der Waals surface area contributed by atoms with Gasteiger partial charge in [-0.15, -0.1) is 9.78 Å². The summed E-state index contributed by atoms with van der Waals surface area (Å²) in [5, 5.41) is 25.1. The van der Waals surface area contributed by atoms with Crippen LogP contribution in [0, 0.1) is 16.6 Å². The lowest BCUT2D eigenvalue weighted by atomic mass is 9.90. The summed E-state index contributed by atoms with van der Waals surface area (Å²) in [7, 11) is 2.89. The van der Waals surface area contributed by atoms with Crippen molar-refractivity contribution in [1.82, 2.24) is 30.0 Å². The normalized spacial score (nSPS) is 11.8. The minimum Gasteiger partial charge on any atom is -0.497 e. The second-order valence-electron chi connectivity index (χ2n) is 12.8. The number of methoxy groups -OCH3 is 2. The van der Waals surface area contributed by atoms with Gasteiger partial charge in [0.15, 0.2) is 17.4 Å². The molecule has 5 rings (SSSR count).